The van der Waals surface area contributed by atoms with Gasteiger partial charge in [-0.1, -0.05) is 32.6 Å². The van der Waals surface area contributed by atoms with E-state index in [2.05, 4.69) is 13.8 Å². The van der Waals surface area contributed by atoms with E-state index in [-0.39, 0.29) is 6.10 Å². The summed E-state index contributed by atoms with van der Waals surface area (Å²) in [5.74, 6) is 0. The fourth-order valence-corrected chi connectivity index (χ4v) is 1.27. The maximum absolute atomic E-state index is 5.54. The predicted molar refractivity (Wildman–Crippen MR) is 56.0 cm³/mol. The van der Waals surface area contributed by atoms with Crippen LogP contribution < -0.4 is 0 Å². The van der Waals surface area contributed by atoms with Crippen LogP contribution in [0.5, 0.6) is 0 Å². The smallest absolute Gasteiger partial charge is 0.0780 e. The summed E-state index contributed by atoms with van der Waals surface area (Å²) >= 11 is 0. The molecule has 0 amide bonds. The summed E-state index contributed by atoms with van der Waals surface area (Å²) in [4.78, 5) is 0. The molecule has 0 fully saturated rings. The van der Waals surface area contributed by atoms with Crippen molar-refractivity contribution >= 4 is 0 Å². The van der Waals surface area contributed by atoms with Crippen molar-refractivity contribution < 1.29 is 9.47 Å². The lowest BCUT2D eigenvalue weighted by atomic mass is 10.2. The van der Waals surface area contributed by atoms with Gasteiger partial charge in [-0.15, -0.1) is 0 Å². The van der Waals surface area contributed by atoms with Gasteiger partial charge in [0.2, 0.25) is 0 Å². The first-order valence-corrected chi connectivity index (χ1v) is 5.41. The van der Waals surface area contributed by atoms with Crippen LogP contribution in [0.3, 0.4) is 0 Å². The third-order valence-electron chi connectivity index (χ3n) is 2.05. The van der Waals surface area contributed by atoms with Crippen LogP contribution in [0.1, 0.15) is 46.0 Å². The molecular formula is C11H24O2. The first kappa shape index (κ1) is 12.9. The second-order valence-electron chi connectivity index (χ2n) is 3.55. The second kappa shape index (κ2) is 10.0. The van der Waals surface area contributed by atoms with E-state index >= 15 is 0 Å². The Hall–Kier alpha value is -0.0800. The third-order valence-corrected chi connectivity index (χ3v) is 2.05. The lowest BCUT2D eigenvalue weighted by Gasteiger charge is -2.11. The van der Waals surface area contributed by atoms with Gasteiger partial charge >= 0.3 is 0 Å². The molecule has 0 rings (SSSR count). The number of rotatable bonds is 9. The van der Waals surface area contributed by atoms with Crippen molar-refractivity contribution in [1.82, 2.24) is 0 Å². The first-order chi connectivity index (χ1) is 6.31. The van der Waals surface area contributed by atoms with Gasteiger partial charge in [-0.3, -0.25) is 0 Å². The Morgan fingerprint density at radius 2 is 1.77 bits per heavy atom. The van der Waals surface area contributed by atoms with Gasteiger partial charge in [0, 0.05) is 13.7 Å². The monoisotopic (exact) mass is 188 g/mol. The van der Waals surface area contributed by atoms with Crippen molar-refractivity contribution in [2.24, 2.45) is 0 Å². The zero-order chi connectivity index (χ0) is 9.94. The highest BCUT2D eigenvalue weighted by molar-refractivity contribution is 4.47. The van der Waals surface area contributed by atoms with Crippen LogP contribution in [0.15, 0.2) is 0 Å². The molecule has 0 saturated heterocycles. The van der Waals surface area contributed by atoms with Gasteiger partial charge in [-0.05, 0) is 13.3 Å². The Bertz CT molecular complexity index is 94.1. The minimum absolute atomic E-state index is 0.246. The summed E-state index contributed by atoms with van der Waals surface area (Å²) in [6.45, 7) is 5.87. The number of ether oxygens (including phenoxy) is 2. The van der Waals surface area contributed by atoms with E-state index in [9.17, 15) is 0 Å². The highest BCUT2D eigenvalue weighted by atomic mass is 16.5. The Balaban J connectivity index is 2.97. The fourth-order valence-electron chi connectivity index (χ4n) is 1.27. The Labute approximate surface area is 82.6 Å². The maximum Gasteiger partial charge on any atom is 0.0780 e. The van der Waals surface area contributed by atoms with Crippen LogP contribution in [0.2, 0.25) is 0 Å². The van der Waals surface area contributed by atoms with E-state index in [1.165, 1.54) is 32.1 Å². The number of hydrogen-bond acceptors (Lipinski definition) is 2. The highest BCUT2D eigenvalue weighted by Crippen LogP contribution is 2.03. The van der Waals surface area contributed by atoms with E-state index in [0.29, 0.717) is 6.61 Å². The van der Waals surface area contributed by atoms with Crippen molar-refractivity contribution in [2.75, 3.05) is 20.3 Å². The number of methoxy groups -OCH3 is 1. The number of unbranched alkanes of at least 4 members (excludes halogenated alkanes) is 4. The molecule has 0 aromatic heterocycles. The minimum atomic E-state index is 0.246. The molecular weight excluding hydrogens is 164 g/mol. The Morgan fingerprint density at radius 1 is 1.08 bits per heavy atom. The molecule has 2 nitrogen and oxygen atoms in total. The average Bonchev–Trinajstić information content (AvgIpc) is 2.11. The minimum Gasteiger partial charge on any atom is -0.382 e. The van der Waals surface area contributed by atoms with Crippen LogP contribution >= 0.6 is 0 Å². The summed E-state index contributed by atoms with van der Waals surface area (Å²) in [6.07, 6.45) is 6.74. The van der Waals surface area contributed by atoms with Gasteiger partial charge < -0.3 is 9.47 Å². The summed E-state index contributed by atoms with van der Waals surface area (Å²) in [5, 5.41) is 0. The summed E-state index contributed by atoms with van der Waals surface area (Å²) in [7, 11) is 1.71. The molecule has 2 heteroatoms. The molecule has 80 valence electrons. The van der Waals surface area contributed by atoms with E-state index in [1.54, 1.807) is 7.11 Å². The Kier molecular flexibility index (Phi) is 9.94. The summed E-state index contributed by atoms with van der Waals surface area (Å²) < 4.78 is 10.5. The average molecular weight is 188 g/mol. The lowest BCUT2D eigenvalue weighted by molar-refractivity contribution is 0.00763. The molecule has 0 aliphatic heterocycles. The van der Waals surface area contributed by atoms with Crippen LogP contribution in [-0.4, -0.2) is 26.4 Å². The molecule has 0 aromatic rings. The summed E-state index contributed by atoms with van der Waals surface area (Å²) in [6, 6.07) is 0. The zero-order valence-electron chi connectivity index (χ0n) is 9.34. The topological polar surface area (TPSA) is 18.5 Å². The molecule has 0 aliphatic rings. The van der Waals surface area contributed by atoms with Crippen molar-refractivity contribution in [3.8, 4) is 0 Å². The molecule has 0 N–H and O–H groups in total. The SMILES string of the molecule is CCCCCCCOC(C)COC. The fraction of sp³-hybridized carbons (Fsp3) is 1.00. The molecule has 0 saturated carbocycles. The lowest BCUT2D eigenvalue weighted by Crippen LogP contribution is -2.15. The highest BCUT2D eigenvalue weighted by Gasteiger charge is 1.99. The predicted octanol–water partition coefficient (Wildman–Crippen LogP) is 3.01. The molecule has 1 atom stereocenters. The van der Waals surface area contributed by atoms with Gasteiger partial charge in [0.25, 0.3) is 0 Å². The third kappa shape index (κ3) is 9.84. The van der Waals surface area contributed by atoms with E-state index in [0.717, 1.165) is 6.61 Å². The van der Waals surface area contributed by atoms with Crippen LogP contribution in [0.25, 0.3) is 0 Å². The van der Waals surface area contributed by atoms with E-state index in [4.69, 9.17) is 9.47 Å². The van der Waals surface area contributed by atoms with E-state index in [1.807, 2.05) is 0 Å². The molecule has 0 aromatic carbocycles. The van der Waals surface area contributed by atoms with Gasteiger partial charge in [0.05, 0.1) is 12.7 Å². The standard InChI is InChI=1S/C11H24O2/c1-4-5-6-7-8-9-13-11(2)10-12-3/h11H,4-10H2,1-3H3. The van der Waals surface area contributed by atoms with Crippen molar-refractivity contribution in [1.29, 1.82) is 0 Å². The molecule has 13 heavy (non-hydrogen) atoms. The van der Waals surface area contributed by atoms with Gasteiger partial charge in [-0.2, -0.15) is 0 Å². The second-order valence-corrected chi connectivity index (χ2v) is 3.55. The van der Waals surface area contributed by atoms with Gasteiger partial charge in [-0.25, -0.2) is 0 Å². The van der Waals surface area contributed by atoms with Crippen molar-refractivity contribution in [3.05, 3.63) is 0 Å². The zero-order valence-corrected chi connectivity index (χ0v) is 9.34. The van der Waals surface area contributed by atoms with Crippen molar-refractivity contribution in [3.63, 3.8) is 0 Å². The van der Waals surface area contributed by atoms with Crippen LogP contribution in [0.4, 0.5) is 0 Å². The van der Waals surface area contributed by atoms with Crippen LogP contribution in [0, 0.1) is 0 Å². The maximum atomic E-state index is 5.54. The quantitative estimate of drug-likeness (QED) is 0.518. The Morgan fingerprint density at radius 3 is 2.38 bits per heavy atom. The molecule has 0 spiro atoms. The van der Waals surface area contributed by atoms with Crippen LogP contribution in [-0.2, 0) is 9.47 Å². The largest absolute Gasteiger partial charge is 0.382 e. The normalized spacial score (nSPS) is 13.2. The first-order valence-electron chi connectivity index (χ1n) is 5.41. The molecule has 0 heterocycles. The molecule has 1 unspecified atom stereocenters. The van der Waals surface area contributed by atoms with Gasteiger partial charge in [0.1, 0.15) is 0 Å². The van der Waals surface area contributed by atoms with Gasteiger partial charge in [0.15, 0.2) is 0 Å². The molecule has 0 radical (unpaired) electrons. The molecule has 0 bridgehead atoms. The van der Waals surface area contributed by atoms with E-state index < -0.39 is 0 Å². The van der Waals surface area contributed by atoms with Crippen molar-refractivity contribution in [2.45, 2.75) is 52.1 Å². The summed E-state index contributed by atoms with van der Waals surface area (Å²) in [5.41, 5.74) is 0. The number of hydrogen-bond donors (Lipinski definition) is 0. The molecule has 0 aliphatic carbocycles.